The first kappa shape index (κ1) is 25.0. The van der Waals surface area contributed by atoms with E-state index in [0.29, 0.717) is 18.9 Å². The van der Waals surface area contributed by atoms with Gasteiger partial charge in [0.1, 0.15) is 12.3 Å². The predicted octanol–water partition coefficient (Wildman–Crippen LogP) is 7.00. The molecule has 168 valence electrons. The fourth-order valence-electron chi connectivity index (χ4n) is 4.28. The Hall–Kier alpha value is -2.25. The molecule has 0 bridgehead atoms. The van der Waals surface area contributed by atoms with Crippen molar-refractivity contribution in [3.63, 3.8) is 0 Å². The van der Waals surface area contributed by atoms with Crippen LogP contribution in [0.2, 0.25) is 0 Å². The third kappa shape index (κ3) is 8.07. The van der Waals surface area contributed by atoms with E-state index in [0.717, 1.165) is 37.9 Å². The molecule has 1 fully saturated rings. The van der Waals surface area contributed by atoms with Crippen molar-refractivity contribution in [1.82, 2.24) is 4.90 Å². The van der Waals surface area contributed by atoms with Gasteiger partial charge in [0.25, 0.3) is 0 Å². The highest BCUT2D eigenvalue weighted by Crippen LogP contribution is 2.38. The van der Waals surface area contributed by atoms with Gasteiger partial charge in [-0.05, 0) is 68.2 Å². The number of benzene rings is 2. The lowest BCUT2D eigenvalue weighted by atomic mass is 9.95. The van der Waals surface area contributed by atoms with Crippen LogP contribution in [0.1, 0.15) is 69.1 Å². The van der Waals surface area contributed by atoms with Gasteiger partial charge < -0.3 is 0 Å². The minimum absolute atomic E-state index is 0.0314. The summed E-state index contributed by atoms with van der Waals surface area (Å²) >= 11 is 0. The summed E-state index contributed by atoms with van der Waals surface area (Å²) in [6.07, 6.45) is 1.34. The number of rotatable bonds is 9. The smallest absolute Gasteiger partial charge is 0.132 e. The molecule has 1 saturated carbocycles. The molecule has 3 atom stereocenters. The van der Waals surface area contributed by atoms with Gasteiger partial charge in [-0.15, -0.1) is 0 Å². The maximum Gasteiger partial charge on any atom is 0.132 e. The van der Waals surface area contributed by atoms with Crippen molar-refractivity contribution in [2.45, 2.75) is 83.7 Å². The first-order valence-corrected chi connectivity index (χ1v) is 11.4. The van der Waals surface area contributed by atoms with Crippen LogP contribution in [0, 0.1) is 11.3 Å². The van der Waals surface area contributed by atoms with E-state index in [1.807, 2.05) is 0 Å². The molecule has 0 radical (unpaired) electrons. The molecule has 3 unspecified atom stereocenters. The molecule has 0 spiro atoms. The van der Waals surface area contributed by atoms with E-state index >= 15 is 0 Å². The topological polar surface area (TPSA) is 27.0 Å². The van der Waals surface area contributed by atoms with Gasteiger partial charge in [-0.1, -0.05) is 61.5 Å². The van der Waals surface area contributed by atoms with Gasteiger partial charge in [0.05, 0.1) is 6.07 Å². The molecule has 2 nitrogen and oxygen atoms in total. The minimum atomic E-state index is -1.29. The summed E-state index contributed by atoms with van der Waals surface area (Å²) in [5.74, 6) is 0.0314. The Morgan fingerprint density at radius 3 is 2.13 bits per heavy atom. The Balaban J connectivity index is 0.00000107. The molecular weight excluding hydrogens is 390 g/mol. The predicted molar refractivity (Wildman–Crippen MR) is 124 cm³/mol. The average Bonchev–Trinajstić information content (AvgIpc) is 3.12. The van der Waals surface area contributed by atoms with Crippen LogP contribution in [0.4, 0.5) is 8.78 Å². The normalized spacial score (nSPS) is 21.3. The van der Waals surface area contributed by atoms with Crippen LogP contribution in [0.25, 0.3) is 0 Å². The van der Waals surface area contributed by atoms with Crippen LogP contribution in [0.15, 0.2) is 54.6 Å². The average molecular weight is 427 g/mol. The van der Waals surface area contributed by atoms with Gasteiger partial charge in [0.15, 0.2) is 0 Å². The van der Waals surface area contributed by atoms with Gasteiger partial charge in [-0.3, -0.25) is 4.90 Å². The van der Waals surface area contributed by atoms with Gasteiger partial charge in [-0.2, -0.15) is 5.26 Å². The van der Waals surface area contributed by atoms with E-state index in [2.05, 4.69) is 73.3 Å². The first-order chi connectivity index (χ1) is 15.0. The zero-order valence-corrected chi connectivity index (χ0v) is 19.1. The van der Waals surface area contributed by atoms with Crippen LogP contribution in [0.5, 0.6) is 0 Å². The molecule has 2 aromatic carbocycles. The molecule has 0 aromatic heterocycles. The van der Waals surface area contributed by atoms with Crippen LogP contribution >= 0.6 is 0 Å². The minimum Gasteiger partial charge on any atom is -0.296 e. The molecular formula is C27H36F2N2. The maximum absolute atomic E-state index is 13.5. The van der Waals surface area contributed by atoms with Gasteiger partial charge in [-0.25, -0.2) is 8.78 Å². The molecule has 4 heteroatoms. The summed E-state index contributed by atoms with van der Waals surface area (Å²) in [4.78, 5) is 2.56. The second-order valence-electron chi connectivity index (χ2n) is 8.51. The number of hydrogen-bond donors (Lipinski definition) is 0. The Morgan fingerprint density at radius 1 is 1.00 bits per heavy atom. The van der Waals surface area contributed by atoms with Crippen molar-refractivity contribution in [1.29, 1.82) is 5.26 Å². The maximum atomic E-state index is 13.5. The number of halogens is 2. The highest BCUT2D eigenvalue weighted by molar-refractivity contribution is 5.27. The second kappa shape index (κ2) is 13.2. The highest BCUT2D eigenvalue weighted by Gasteiger charge is 2.35. The van der Waals surface area contributed by atoms with Crippen molar-refractivity contribution in [3.8, 4) is 6.07 Å². The fourth-order valence-corrected chi connectivity index (χ4v) is 4.28. The van der Waals surface area contributed by atoms with Crippen molar-refractivity contribution in [3.05, 3.63) is 71.3 Å². The van der Waals surface area contributed by atoms with E-state index in [-0.39, 0.29) is 5.92 Å². The summed E-state index contributed by atoms with van der Waals surface area (Å²) in [6.45, 7) is 8.07. The van der Waals surface area contributed by atoms with E-state index in [1.54, 1.807) is 6.07 Å². The van der Waals surface area contributed by atoms with Crippen LogP contribution in [0.3, 0.4) is 0 Å². The summed E-state index contributed by atoms with van der Waals surface area (Å²) in [6, 6.07) is 21.3. The molecule has 31 heavy (non-hydrogen) atoms. The molecule has 1 aliphatic rings. The quantitative estimate of drug-likeness (QED) is 0.431. The third-order valence-electron chi connectivity index (χ3n) is 6.08. The Kier molecular flexibility index (Phi) is 10.7. The van der Waals surface area contributed by atoms with Crippen LogP contribution in [-0.4, -0.2) is 29.8 Å². The van der Waals surface area contributed by atoms with E-state index in [1.165, 1.54) is 18.1 Å². The van der Waals surface area contributed by atoms with Crippen LogP contribution < -0.4 is 0 Å². The Morgan fingerprint density at radius 2 is 1.58 bits per heavy atom. The van der Waals surface area contributed by atoms with E-state index < -0.39 is 12.3 Å². The standard InChI is InChI=1S/C25H33F2N.C2H3N/c1-3-15-28(18-21-7-5-4-6-8-21)19(2)9-10-20-11-13-22(14-12-20)23-16-24(26)25(27)17-23;1-2-3/h4-8,11-14,19,23-25H,3,9-10,15-18H2,1-2H3;1H3. The summed E-state index contributed by atoms with van der Waals surface area (Å²) < 4.78 is 26.9. The molecule has 0 heterocycles. The van der Waals surface area contributed by atoms with Crippen LogP contribution in [-0.2, 0) is 13.0 Å². The SMILES string of the molecule is CC#N.CCCN(Cc1ccccc1)C(C)CCc1ccc(C2CC(F)C(F)C2)cc1. The molecule has 1 aliphatic carbocycles. The molecule has 0 N–H and O–H groups in total. The number of aryl methyl sites for hydroxylation is 1. The molecule has 0 amide bonds. The molecule has 0 saturated heterocycles. The van der Waals surface area contributed by atoms with Crippen molar-refractivity contribution in [2.75, 3.05) is 6.54 Å². The monoisotopic (exact) mass is 426 g/mol. The summed E-state index contributed by atoms with van der Waals surface area (Å²) in [5.41, 5.74) is 3.75. The van der Waals surface area contributed by atoms with Gasteiger partial charge in [0, 0.05) is 19.5 Å². The lowest BCUT2D eigenvalue weighted by Crippen LogP contribution is -2.33. The largest absolute Gasteiger partial charge is 0.296 e. The highest BCUT2D eigenvalue weighted by atomic mass is 19.2. The summed E-state index contributed by atoms with van der Waals surface area (Å²) in [5, 5.41) is 7.32. The zero-order chi connectivity index (χ0) is 22.6. The number of nitriles is 1. The lowest BCUT2D eigenvalue weighted by Gasteiger charge is -2.29. The Bertz CT molecular complexity index is 775. The van der Waals surface area contributed by atoms with Gasteiger partial charge in [0.2, 0.25) is 0 Å². The zero-order valence-electron chi connectivity index (χ0n) is 19.1. The lowest BCUT2D eigenvalue weighted by molar-refractivity contribution is 0.191. The number of nitrogens with zero attached hydrogens (tertiary/aromatic N) is 2. The fraction of sp³-hybridized carbons (Fsp3) is 0.519. The van der Waals surface area contributed by atoms with E-state index in [9.17, 15) is 8.78 Å². The van der Waals surface area contributed by atoms with Crippen molar-refractivity contribution >= 4 is 0 Å². The molecule has 2 aromatic rings. The van der Waals surface area contributed by atoms with Crippen molar-refractivity contribution in [2.24, 2.45) is 0 Å². The Labute approximate surface area is 186 Å². The third-order valence-corrected chi connectivity index (χ3v) is 6.08. The summed E-state index contributed by atoms with van der Waals surface area (Å²) in [7, 11) is 0. The first-order valence-electron chi connectivity index (χ1n) is 11.4. The molecule has 0 aliphatic heterocycles. The molecule has 3 rings (SSSR count). The second-order valence-corrected chi connectivity index (χ2v) is 8.51. The van der Waals surface area contributed by atoms with E-state index in [4.69, 9.17) is 5.26 Å². The van der Waals surface area contributed by atoms with Gasteiger partial charge >= 0.3 is 0 Å². The number of hydrogen-bond acceptors (Lipinski definition) is 2. The number of alkyl halides is 2. The van der Waals surface area contributed by atoms with Crippen molar-refractivity contribution < 1.29 is 8.78 Å².